The summed E-state index contributed by atoms with van der Waals surface area (Å²) in [7, 11) is 1.83. The van der Waals surface area contributed by atoms with Crippen molar-refractivity contribution in [1.82, 2.24) is 9.97 Å². The van der Waals surface area contributed by atoms with E-state index < -0.39 is 5.82 Å². The van der Waals surface area contributed by atoms with E-state index in [9.17, 15) is 4.39 Å². The first-order chi connectivity index (χ1) is 7.60. The van der Waals surface area contributed by atoms with E-state index in [-0.39, 0.29) is 17.8 Å². The van der Waals surface area contributed by atoms with Crippen LogP contribution in [0, 0.1) is 5.82 Å². The minimum absolute atomic E-state index is 0.0993. The zero-order valence-electron chi connectivity index (χ0n) is 9.77. The maximum atomic E-state index is 13.5. The number of nitrogens with two attached hydrogens (primary N) is 1. The molecule has 1 rings (SSSR count). The van der Waals surface area contributed by atoms with E-state index in [1.54, 1.807) is 11.8 Å². The smallest absolute Gasteiger partial charge is 0.222 e. The van der Waals surface area contributed by atoms with Gasteiger partial charge < -0.3 is 10.6 Å². The molecule has 0 amide bonds. The van der Waals surface area contributed by atoms with Gasteiger partial charge in [0.25, 0.3) is 0 Å². The van der Waals surface area contributed by atoms with Crippen LogP contribution in [0.2, 0.25) is 0 Å². The van der Waals surface area contributed by atoms with Gasteiger partial charge in [0.1, 0.15) is 0 Å². The third kappa shape index (κ3) is 2.98. The first-order valence-electron chi connectivity index (χ1n) is 5.09. The van der Waals surface area contributed by atoms with Gasteiger partial charge in [0.05, 0.1) is 6.20 Å². The van der Waals surface area contributed by atoms with Crippen LogP contribution in [0.4, 0.5) is 16.2 Å². The van der Waals surface area contributed by atoms with E-state index in [1.807, 2.05) is 18.2 Å². The fourth-order valence-electron chi connectivity index (χ4n) is 1.49. The Morgan fingerprint density at radius 1 is 1.62 bits per heavy atom. The monoisotopic (exact) mass is 244 g/mol. The van der Waals surface area contributed by atoms with Crippen LogP contribution in [-0.4, -0.2) is 35.1 Å². The predicted molar refractivity (Wildman–Crippen MR) is 67.3 cm³/mol. The Labute approximate surface area is 99.4 Å². The second-order valence-electron chi connectivity index (χ2n) is 3.53. The molecule has 2 N–H and O–H groups in total. The molecule has 0 radical (unpaired) electrons. The quantitative estimate of drug-likeness (QED) is 0.855. The molecule has 0 aliphatic heterocycles. The molecule has 1 unspecified atom stereocenters. The van der Waals surface area contributed by atoms with Crippen molar-refractivity contribution in [3.05, 3.63) is 12.0 Å². The van der Waals surface area contributed by atoms with Crippen LogP contribution in [0.1, 0.15) is 13.3 Å². The lowest BCUT2D eigenvalue weighted by Crippen LogP contribution is -2.34. The highest BCUT2D eigenvalue weighted by molar-refractivity contribution is 7.98. The number of halogens is 1. The minimum atomic E-state index is -0.434. The lowest BCUT2D eigenvalue weighted by atomic mass is 10.2. The highest BCUT2D eigenvalue weighted by Crippen LogP contribution is 2.20. The summed E-state index contributed by atoms with van der Waals surface area (Å²) in [6, 6.07) is 0.249. The number of anilines is 2. The summed E-state index contributed by atoms with van der Waals surface area (Å²) in [5, 5.41) is 0. The maximum Gasteiger partial charge on any atom is 0.222 e. The standard InChI is InChI=1S/C10H17FN4S/c1-4-7(6-16-3)15(2)9-8(11)5-13-10(12)14-9/h5,7H,4,6H2,1-3H3,(H2,12,13,14). The van der Waals surface area contributed by atoms with Crippen LogP contribution in [0.25, 0.3) is 0 Å². The van der Waals surface area contributed by atoms with Crippen molar-refractivity contribution in [3.63, 3.8) is 0 Å². The van der Waals surface area contributed by atoms with Gasteiger partial charge in [-0.05, 0) is 12.7 Å². The summed E-state index contributed by atoms with van der Waals surface area (Å²) in [4.78, 5) is 9.37. The lowest BCUT2D eigenvalue weighted by Gasteiger charge is -2.27. The van der Waals surface area contributed by atoms with E-state index in [2.05, 4.69) is 16.9 Å². The Morgan fingerprint density at radius 3 is 2.88 bits per heavy atom. The van der Waals surface area contributed by atoms with Gasteiger partial charge in [0, 0.05) is 18.8 Å². The number of nitrogen functional groups attached to an aromatic ring is 1. The average molecular weight is 244 g/mol. The van der Waals surface area contributed by atoms with E-state index in [0.717, 1.165) is 18.4 Å². The van der Waals surface area contributed by atoms with Crippen LogP contribution < -0.4 is 10.6 Å². The van der Waals surface area contributed by atoms with Gasteiger partial charge in [-0.2, -0.15) is 16.7 Å². The zero-order chi connectivity index (χ0) is 12.1. The highest BCUT2D eigenvalue weighted by atomic mass is 32.2. The number of aromatic nitrogens is 2. The normalized spacial score (nSPS) is 12.5. The molecule has 1 heterocycles. The number of hydrogen-bond acceptors (Lipinski definition) is 5. The van der Waals surface area contributed by atoms with Gasteiger partial charge in [-0.25, -0.2) is 9.37 Å². The number of hydrogen-bond donors (Lipinski definition) is 1. The Bertz CT molecular complexity index is 348. The largest absolute Gasteiger partial charge is 0.368 e. The van der Waals surface area contributed by atoms with E-state index in [1.165, 1.54) is 0 Å². The zero-order valence-corrected chi connectivity index (χ0v) is 10.6. The van der Waals surface area contributed by atoms with E-state index >= 15 is 0 Å². The summed E-state index contributed by atoms with van der Waals surface area (Å²) < 4.78 is 13.5. The fourth-order valence-corrected chi connectivity index (χ4v) is 2.33. The molecule has 0 aromatic carbocycles. The van der Waals surface area contributed by atoms with Gasteiger partial charge in [0.2, 0.25) is 5.95 Å². The summed E-state index contributed by atoms with van der Waals surface area (Å²) in [6.45, 7) is 2.07. The summed E-state index contributed by atoms with van der Waals surface area (Å²) in [5.41, 5.74) is 5.46. The molecule has 0 spiro atoms. The molecule has 0 saturated carbocycles. The predicted octanol–water partition coefficient (Wildman–Crippen LogP) is 1.78. The lowest BCUT2D eigenvalue weighted by molar-refractivity contribution is 0.587. The first-order valence-corrected chi connectivity index (χ1v) is 6.49. The van der Waals surface area contributed by atoms with E-state index in [0.29, 0.717) is 0 Å². The highest BCUT2D eigenvalue weighted by Gasteiger charge is 2.18. The van der Waals surface area contributed by atoms with Crippen LogP contribution in [0.15, 0.2) is 6.20 Å². The van der Waals surface area contributed by atoms with Crippen molar-refractivity contribution in [2.75, 3.05) is 29.7 Å². The molecule has 16 heavy (non-hydrogen) atoms. The first kappa shape index (κ1) is 13.0. The molecule has 1 aromatic heterocycles. The summed E-state index contributed by atoms with van der Waals surface area (Å²) >= 11 is 1.73. The van der Waals surface area contributed by atoms with E-state index in [4.69, 9.17) is 5.73 Å². The molecule has 0 saturated heterocycles. The average Bonchev–Trinajstić information content (AvgIpc) is 2.28. The second-order valence-corrected chi connectivity index (χ2v) is 4.44. The number of rotatable bonds is 5. The van der Waals surface area contributed by atoms with Gasteiger partial charge in [0.15, 0.2) is 11.6 Å². The molecular weight excluding hydrogens is 227 g/mol. The molecule has 4 nitrogen and oxygen atoms in total. The fraction of sp³-hybridized carbons (Fsp3) is 0.600. The Hall–Kier alpha value is -1.04. The van der Waals surface area contributed by atoms with Crippen molar-refractivity contribution in [3.8, 4) is 0 Å². The maximum absolute atomic E-state index is 13.5. The molecule has 1 atom stereocenters. The van der Waals surface area contributed by atoms with Gasteiger partial charge in [-0.1, -0.05) is 6.92 Å². The topological polar surface area (TPSA) is 55.0 Å². The SMILES string of the molecule is CCC(CSC)N(C)c1nc(N)ncc1F. The molecule has 6 heteroatoms. The molecular formula is C10H17FN4S. The molecule has 0 bridgehead atoms. The van der Waals surface area contributed by atoms with Crippen LogP contribution in [-0.2, 0) is 0 Å². The number of thioether (sulfide) groups is 1. The van der Waals surface area contributed by atoms with Crippen LogP contribution >= 0.6 is 11.8 Å². The minimum Gasteiger partial charge on any atom is -0.368 e. The van der Waals surface area contributed by atoms with Crippen LogP contribution in [0.5, 0.6) is 0 Å². The van der Waals surface area contributed by atoms with Gasteiger partial charge in [-0.3, -0.25) is 0 Å². The molecule has 0 aliphatic rings. The van der Waals surface area contributed by atoms with Crippen molar-refractivity contribution in [2.45, 2.75) is 19.4 Å². The molecule has 0 fully saturated rings. The summed E-state index contributed by atoms with van der Waals surface area (Å²) in [6.07, 6.45) is 4.07. The Kier molecular flexibility index (Phi) is 4.79. The van der Waals surface area contributed by atoms with Crippen LogP contribution in [0.3, 0.4) is 0 Å². The van der Waals surface area contributed by atoms with Crippen molar-refractivity contribution >= 4 is 23.5 Å². The van der Waals surface area contributed by atoms with Gasteiger partial charge >= 0.3 is 0 Å². The Balaban J connectivity index is 2.93. The second kappa shape index (κ2) is 5.89. The molecule has 1 aromatic rings. The number of nitrogens with zero attached hydrogens (tertiary/aromatic N) is 3. The van der Waals surface area contributed by atoms with Crippen molar-refractivity contribution in [2.24, 2.45) is 0 Å². The summed E-state index contributed by atoms with van der Waals surface area (Å²) in [5.74, 6) is 0.864. The molecule has 90 valence electrons. The third-order valence-electron chi connectivity index (χ3n) is 2.46. The van der Waals surface area contributed by atoms with Crippen molar-refractivity contribution in [1.29, 1.82) is 0 Å². The van der Waals surface area contributed by atoms with Gasteiger partial charge in [-0.15, -0.1) is 0 Å². The third-order valence-corrected chi connectivity index (χ3v) is 3.17. The Morgan fingerprint density at radius 2 is 2.31 bits per heavy atom. The molecule has 0 aliphatic carbocycles. The van der Waals surface area contributed by atoms with Crippen molar-refractivity contribution < 1.29 is 4.39 Å².